The highest BCUT2D eigenvalue weighted by molar-refractivity contribution is 7.89. The van der Waals surface area contributed by atoms with Crippen molar-refractivity contribution in [3.8, 4) is 23.0 Å². The van der Waals surface area contributed by atoms with Crippen LogP contribution in [0.1, 0.15) is 44.6 Å². The summed E-state index contributed by atoms with van der Waals surface area (Å²) in [6.45, 7) is 2.03. The summed E-state index contributed by atoms with van der Waals surface area (Å²) in [6, 6.07) is 9.40. The van der Waals surface area contributed by atoms with Crippen LogP contribution in [0.25, 0.3) is 0 Å². The second-order valence-electron chi connectivity index (χ2n) is 8.50. The molecule has 0 radical (unpaired) electrons. The molecule has 1 saturated carbocycles. The van der Waals surface area contributed by atoms with Crippen LogP contribution in [0.2, 0.25) is 0 Å². The third-order valence-corrected chi connectivity index (χ3v) is 8.03. The van der Waals surface area contributed by atoms with Crippen molar-refractivity contribution in [2.75, 3.05) is 34.5 Å². The van der Waals surface area contributed by atoms with Gasteiger partial charge in [-0.15, -0.1) is 0 Å². The lowest BCUT2D eigenvalue weighted by Gasteiger charge is -2.32. The van der Waals surface area contributed by atoms with Crippen LogP contribution in [-0.4, -0.2) is 65.4 Å². The summed E-state index contributed by atoms with van der Waals surface area (Å²) in [5.41, 5.74) is 3.13. The number of carbonyl (C=O) groups is 1. The number of amides is 1. The SMILES string of the molecule is CCOc1ccc(/C=N\NC(=O)CN(C2CCCCC2)S(=O)(=O)c2ccc(OC)c(OC)c2)cc1OC. The van der Waals surface area contributed by atoms with E-state index in [9.17, 15) is 13.2 Å². The Balaban J connectivity index is 1.78. The number of sulfonamides is 1. The van der Waals surface area contributed by atoms with Crippen LogP contribution < -0.4 is 24.4 Å². The molecule has 0 aromatic heterocycles. The molecule has 10 nitrogen and oxygen atoms in total. The summed E-state index contributed by atoms with van der Waals surface area (Å²) < 4.78 is 50.0. The second kappa shape index (κ2) is 13.3. The fourth-order valence-electron chi connectivity index (χ4n) is 4.29. The Morgan fingerprint density at radius 2 is 1.62 bits per heavy atom. The zero-order chi connectivity index (χ0) is 26.8. The number of hydrogen-bond donors (Lipinski definition) is 1. The molecule has 0 aliphatic heterocycles. The molecule has 3 rings (SSSR count). The van der Waals surface area contributed by atoms with Gasteiger partial charge >= 0.3 is 0 Å². The summed E-state index contributed by atoms with van der Waals surface area (Å²) in [7, 11) is 0.470. The molecular formula is C26H35N3O7S. The first kappa shape index (κ1) is 28.3. The summed E-state index contributed by atoms with van der Waals surface area (Å²) >= 11 is 0. The van der Waals surface area contributed by atoms with E-state index in [4.69, 9.17) is 18.9 Å². The maximum atomic E-state index is 13.7. The van der Waals surface area contributed by atoms with E-state index in [1.54, 1.807) is 31.4 Å². The molecule has 202 valence electrons. The van der Waals surface area contributed by atoms with Crippen LogP contribution in [0.5, 0.6) is 23.0 Å². The molecule has 0 atom stereocenters. The quantitative estimate of drug-likeness (QED) is 0.327. The van der Waals surface area contributed by atoms with Crippen molar-refractivity contribution in [1.82, 2.24) is 9.73 Å². The fourth-order valence-corrected chi connectivity index (χ4v) is 5.94. The van der Waals surface area contributed by atoms with E-state index in [1.807, 2.05) is 6.92 Å². The number of nitrogens with one attached hydrogen (secondary N) is 1. The van der Waals surface area contributed by atoms with Crippen molar-refractivity contribution in [3.05, 3.63) is 42.0 Å². The first-order valence-electron chi connectivity index (χ1n) is 12.2. The first-order chi connectivity index (χ1) is 17.8. The van der Waals surface area contributed by atoms with Crippen LogP contribution >= 0.6 is 0 Å². The summed E-state index contributed by atoms with van der Waals surface area (Å²) in [4.78, 5) is 12.9. The number of methoxy groups -OCH3 is 3. The molecule has 2 aromatic rings. The third-order valence-electron chi connectivity index (χ3n) is 6.13. The third kappa shape index (κ3) is 7.14. The molecule has 0 saturated heterocycles. The molecule has 1 amide bonds. The standard InChI is InChI=1S/C26H35N3O7S/c1-5-36-23-13-11-19(15-24(23)34-3)17-27-28-26(30)18-29(20-9-7-6-8-10-20)37(31,32)21-12-14-22(33-2)25(16-21)35-4/h11-17,20H,5-10,18H2,1-4H3,(H,28,30)/b27-17-. The molecule has 0 bridgehead atoms. The molecule has 37 heavy (non-hydrogen) atoms. The number of nitrogens with zero attached hydrogens (tertiary/aromatic N) is 2. The lowest BCUT2D eigenvalue weighted by Crippen LogP contribution is -2.46. The highest BCUT2D eigenvalue weighted by atomic mass is 32.2. The van der Waals surface area contributed by atoms with Gasteiger partial charge in [0.05, 0.1) is 45.6 Å². The molecule has 0 unspecified atom stereocenters. The van der Waals surface area contributed by atoms with E-state index in [0.717, 1.165) is 19.3 Å². The van der Waals surface area contributed by atoms with Gasteiger partial charge in [0, 0.05) is 12.1 Å². The van der Waals surface area contributed by atoms with Gasteiger partial charge in [-0.3, -0.25) is 4.79 Å². The van der Waals surface area contributed by atoms with E-state index in [-0.39, 0.29) is 17.5 Å². The summed E-state index contributed by atoms with van der Waals surface area (Å²) in [5.74, 6) is 1.33. The predicted molar refractivity (Wildman–Crippen MR) is 140 cm³/mol. The number of hydrazone groups is 1. The van der Waals surface area contributed by atoms with Gasteiger partial charge in [0.25, 0.3) is 5.91 Å². The molecule has 1 aliphatic carbocycles. The van der Waals surface area contributed by atoms with Crippen LogP contribution in [0.3, 0.4) is 0 Å². The average molecular weight is 534 g/mol. The fraction of sp³-hybridized carbons (Fsp3) is 0.462. The largest absolute Gasteiger partial charge is 0.493 e. The molecule has 1 aliphatic rings. The van der Waals surface area contributed by atoms with Gasteiger partial charge in [-0.05, 0) is 55.7 Å². The van der Waals surface area contributed by atoms with Gasteiger partial charge in [-0.2, -0.15) is 9.41 Å². The molecule has 0 heterocycles. The van der Waals surface area contributed by atoms with E-state index in [0.29, 0.717) is 48.0 Å². The van der Waals surface area contributed by atoms with Crippen LogP contribution in [-0.2, 0) is 14.8 Å². The Morgan fingerprint density at radius 3 is 2.27 bits per heavy atom. The van der Waals surface area contributed by atoms with Gasteiger partial charge in [-0.1, -0.05) is 19.3 Å². The van der Waals surface area contributed by atoms with Crippen LogP contribution in [0.4, 0.5) is 0 Å². The first-order valence-corrected chi connectivity index (χ1v) is 13.6. The highest BCUT2D eigenvalue weighted by Gasteiger charge is 2.34. The number of ether oxygens (including phenoxy) is 4. The van der Waals surface area contributed by atoms with E-state index >= 15 is 0 Å². The Kier molecular flexibility index (Phi) is 10.2. The molecule has 11 heteroatoms. The zero-order valence-corrected chi connectivity index (χ0v) is 22.5. The molecular weight excluding hydrogens is 498 g/mol. The van der Waals surface area contributed by atoms with E-state index in [2.05, 4.69) is 10.5 Å². The minimum atomic E-state index is -4.00. The van der Waals surface area contributed by atoms with Crippen LogP contribution in [0, 0.1) is 0 Å². The maximum Gasteiger partial charge on any atom is 0.255 e. The van der Waals surface area contributed by atoms with Crippen molar-refractivity contribution >= 4 is 22.1 Å². The number of rotatable bonds is 12. The van der Waals surface area contributed by atoms with Crippen molar-refractivity contribution in [1.29, 1.82) is 0 Å². The van der Waals surface area contributed by atoms with Gasteiger partial charge in [0.1, 0.15) is 0 Å². The topological polar surface area (TPSA) is 116 Å². The van der Waals surface area contributed by atoms with E-state index < -0.39 is 15.9 Å². The molecule has 0 spiro atoms. The van der Waals surface area contributed by atoms with Gasteiger partial charge < -0.3 is 18.9 Å². The monoisotopic (exact) mass is 533 g/mol. The van der Waals surface area contributed by atoms with Crippen molar-refractivity contribution in [2.45, 2.75) is 50.0 Å². The highest BCUT2D eigenvalue weighted by Crippen LogP contribution is 2.33. The number of carbonyl (C=O) groups excluding carboxylic acids is 1. The lowest BCUT2D eigenvalue weighted by molar-refractivity contribution is -0.121. The minimum absolute atomic E-state index is 0.0357. The normalized spacial score (nSPS) is 14.5. The van der Waals surface area contributed by atoms with Gasteiger partial charge in [0.2, 0.25) is 10.0 Å². The van der Waals surface area contributed by atoms with Crippen molar-refractivity contribution in [3.63, 3.8) is 0 Å². The predicted octanol–water partition coefficient (Wildman–Crippen LogP) is 3.58. The Morgan fingerprint density at radius 1 is 0.973 bits per heavy atom. The Labute approximate surface area is 218 Å². The number of hydrogen-bond acceptors (Lipinski definition) is 8. The van der Waals surface area contributed by atoms with Crippen LogP contribution in [0.15, 0.2) is 46.4 Å². The van der Waals surface area contributed by atoms with Gasteiger partial charge in [0.15, 0.2) is 23.0 Å². The Hall–Kier alpha value is -3.31. The summed E-state index contributed by atoms with van der Waals surface area (Å²) in [6.07, 6.45) is 5.70. The molecule has 1 fully saturated rings. The Bertz CT molecular complexity index is 1190. The zero-order valence-electron chi connectivity index (χ0n) is 21.7. The van der Waals surface area contributed by atoms with Crippen molar-refractivity contribution in [2.24, 2.45) is 5.10 Å². The second-order valence-corrected chi connectivity index (χ2v) is 10.4. The minimum Gasteiger partial charge on any atom is -0.493 e. The van der Waals surface area contributed by atoms with Gasteiger partial charge in [-0.25, -0.2) is 13.8 Å². The molecule has 1 N–H and O–H groups in total. The summed E-state index contributed by atoms with van der Waals surface area (Å²) in [5, 5.41) is 4.02. The lowest BCUT2D eigenvalue weighted by atomic mass is 9.95. The smallest absolute Gasteiger partial charge is 0.255 e. The average Bonchev–Trinajstić information content (AvgIpc) is 2.92. The molecule has 2 aromatic carbocycles. The maximum absolute atomic E-state index is 13.7. The van der Waals surface area contributed by atoms with E-state index in [1.165, 1.54) is 36.9 Å². The number of benzene rings is 2. The van der Waals surface area contributed by atoms with Crippen molar-refractivity contribution < 1.29 is 32.2 Å².